The topological polar surface area (TPSA) is 119 Å². The van der Waals surface area contributed by atoms with E-state index in [1.54, 1.807) is 12.1 Å². The number of thiazole rings is 1. The molecule has 0 spiro atoms. The van der Waals surface area contributed by atoms with Gasteiger partial charge in [-0.1, -0.05) is 17.4 Å². The molecule has 3 heterocycles. The molecule has 0 fully saturated rings. The average molecular weight is 462 g/mol. The third-order valence-electron chi connectivity index (χ3n) is 5.12. The number of carbonyl (C=O) groups is 1. The smallest absolute Gasteiger partial charge is 0.323 e. The Kier molecular flexibility index (Phi) is 6.42. The maximum absolute atomic E-state index is 14.6. The number of amides is 2. The lowest BCUT2D eigenvalue weighted by Crippen LogP contribution is -2.38. The Hall–Kier alpha value is -2.99. The number of rotatable bonds is 5. The first-order valence-electron chi connectivity index (χ1n) is 9.79. The maximum atomic E-state index is 14.6. The van der Waals surface area contributed by atoms with E-state index in [9.17, 15) is 23.8 Å². The number of anilines is 1. The van der Waals surface area contributed by atoms with Crippen molar-refractivity contribution in [3.8, 4) is 0 Å². The highest BCUT2D eigenvalue weighted by atomic mass is 32.1. The minimum absolute atomic E-state index is 0.0564. The van der Waals surface area contributed by atoms with E-state index in [4.69, 9.17) is 5.11 Å². The monoisotopic (exact) mass is 462 g/mol. The van der Waals surface area contributed by atoms with Crippen LogP contribution in [0.1, 0.15) is 23.8 Å². The number of nitrogens with zero attached hydrogens (tertiary/aromatic N) is 3. The van der Waals surface area contributed by atoms with Gasteiger partial charge in [0.2, 0.25) is 0 Å². The Labute approximate surface area is 185 Å². The Morgan fingerprint density at radius 2 is 2.09 bits per heavy atom. The van der Waals surface area contributed by atoms with Crippen molar-refractivity contribution in [2.45, 2.75) is 18.6 Å². The molecule has 1 aliphatic heterocycles. The molecule has 2 aromatic heterocycles. The zero-order valence-electron chi connectivity index (χ0n) is 16.7. The van der Waals surface area contributed by atoms with E-state index in [-0.39, 0.29) is 29.7 Å². The van der Waals surface area contributed by atoms with Crippen LogP contribution in [-0.2, 0) is 0 Å². The molecular formula is C21H20F2N4O4S. The molecule has 0 aliphatic carbocycles. The molecular weight excluding hydrogens is 442 g/mol. The third kappa shape index (κ3) is 4.60. The van der Waals surface area contributed by atoms with Gasteiger partial charge in [-0.2, -0.15) is 0 Å². The van der Waals surface area contributed by atoms with Gasteiger partial charge in [0.25, 0.3) is 0 Å². The van der Waals surface area contributed by atoms with Crippen LogP contribution < -0.4 is 5.32 Å². The third-order valence-corrected chi connectivity index (χ3v) is 6.05. The maximum Gasteiger partial charge on any atom is 0.323 e. The number of aliphatic hydroxyl groups is 3. The highest BCUT2D eigenvalue weighted by Crippen LogP contribution is 2.28. The lowest BCUT2D eigenvalue weighted by molar-refractivity contribution is -0.0155. The molecule has 4 N–H and O–H groups in total. The molecule has 32 heavy (non-hydrogen) atoms. The predicted molar refractivity (Wildman–Crippen MR) is 115 cm³/mol. The zero-order chi connectivity index (χ0) is 22.8. The van der Waals surface area contributed by atoms with Crippen LogP contribution in [0.15, 0.2) is 36.5 Å². The number of carbonyl (C=O) groups excluding carboxylic acids is 1. The lowest BCUT2D eigenvalue weighted by atomic mass is 10.0. The molecule has 0 saturated heterocycles. The lowest BCUT2D eigenvalue weighted by Gasteiger charge is -2.26. The molecule has 2 atom stereocenters. The summed E-state index contributed by atoms with van der Waals surface area (Å²) in [6, 6.07) is 4.91. The molecule has 0 radical (unpaired) electrons. The van der Waals surface area contributed by atoms with Crippen molar-refractivity contribution < 1.29 is 28.9 Å². The van der Waals surface area contributed by atoms with Crippen LogP contribution in [0.3, 0.4) is 0 Å². The molecule has 0 saturated carbocycles. The van der Waals surface area contributed by atoms with E-state index in [1.807, 2.05) is 0 Å². The summed E-state index contributed by atoms with van der Waals surface area (Å²) in [5, 5.41) is 31.4. The molecule has 0 bridgehead atoms. The van der Waals surface area contributed by atoms with Gasteiger partial charge in [-0.05, 0) is 36.3 Å². The van der Waals surface area contributed by atoms with Gasteiger partial charge in [0, 0.05) is 24.8 Å². The number of nitrogens with one attached hydrogen (secondary N) is 1. The number of hydrogen-bond acceptors (Lipinski definition) is 7. The molecule has 1 aliphatic rings. The van der Waals surface area contributed by atoms with E-state index in [1.165, 1.54) is 34.6 Å². The van der Waals surface area contributed by atoms with Gasteiger partial charge in [0.05, 0.1) is 16.8 Å². The first kappa shape index (κ1) is 22.2. The molecule has 4 rings (SSSR count). The number of pyridine rings is 1. The second kappa shape index (κ2) is 9.25. The number of halogens is 2. The van der Waals surface area contributed by atoms with Crippen molar-refractivity contribution in [2.24, 2.45) is 0 Å². The highest BCUT2D eigenvalue weighted by Gasteiger charge is 2.23. The van der Waals surface area contributed by atoms with E-state index in [2.05, 4.69) is 15.3 Å². The summed E-state index contributed by atoms with van der Waals surface area (Å²) < 4.78 is 28.5. The highest BCUT2D eigenvalue weighted by molar-refractivity contribution is 7.22. The average Bonchev–Trinajstić information content (AvgIpc) is 3.19. The fourth-order valence-corrected chi connectivity index (χ4v) is 4.24. The number of aliphatic hydroxyl groups excluding tert-OH is 3. The molecule has 3 aromatic rings. The van der Waals surface area contributed by atoms with Crippen molar-refractivity contribution in [3.05, 3.63) is 59.4 Å². The summed E-state index contributed by atoms with van der Waals surface area (Å²) in [4.78, 5) is 22.4. The van der Waals surface area contributed by atoms with Crippen LogP contribution in [0.25, 0.3) is 15.8 Å². The largest absolute Gasteiger partial charge is 0.394 e. The first-order valence-corrected chi connectivity index (χ1v) is 10.6. The SMILES string of the molecule is O=C(Nc1nc2ccc(F)cc2s1)N1CC=C(c2ncc([C@H](O)[C@@H](O)CO)cc2F)CC1. The van der Waals surface area contributed by atoms with E-state index < -0.39 is 24.6 Å². The summed E-state index contributed by atoms with van der Waals surface area (Å²) in [6.07, 6.45) is 0.425. The van der Waals surface area contributed by atoms with E-state index in [0.29, 0.717) is 33.9 Å². The zero-order valence-corrected chi connectivity index (χ0v) is 17.5. The quantitative estimate of drug-likeness (QED) is 0.463. The van der Waals surface area contributed by atoms with Gasteiger partial charge in [-0.25, -0.2) is 18.6 Å². The van der Waals surface area contributed by atoms with Crippen LogP contribution in [0.4, 0.5) is 18.7 Å². The number of urea groups is 1. The Balaban J connectivity index is 1.42. The van der Waals surface area contributed by atoms with Crippen molar-refractivity contribution in [1.29, 1.82) is 0 Å². The fourth-order valence-electron chi connectivity index (χ4n) is 3.36. The Morgan fingerprint density at radius 1 is 1.28 bits per heavy atom. The van der Waals surface area contributed by atoms with E-state index in [0.717, 1.165) is 6.07 Å². The minimum atomic E-state index is -1.45. The van der Waals surface area contributed by atoms with Crippen LogP contribution >= 0.6 is 11.3 Å². The molecule has 8 nitrogen and oxygen atoms in total. The standard InChI is InChI=1S/C21H20F2N4O4S/c22-13-1-2-15-17(8-13)32-20(25-15)26-21(31)27-5-3-11(4-6-27)18-14(23)7-12(9-24-18)19(30)16(29)10-28/h1-3,7-9,16,19,28-30H,4-6,10H2,(H,25,26,31)/t16-,19-/m0/s1. The number of benzene rings is 1. The van der Waals surface area contributed by atoms with Gasteiger partial charge >= 0.3 is 6.03 Å². The summed E-state index contributed by atoms with van der Waals surface area (Å²) >= 11 is 1.17. The predicted octanol–water partition coefficient (Wildman–Crippen LogP) is 2.68. The van der Waals surface area contributed by atoms with Crippen LogP contribution in [0.5, 0.6) is 0 Å². The molecule has 1 aromatic carbocycles. The fraction of sp³-hybridized carbons (Fsp3) is 0.286. The van der Waals surface area contributed by atoms with Crippen molar-refractivity contribution in [3.63, 3.8) is 0 Å². The molecule has 2 amide bonds. The van der Waals surface area contributed by atoms with Gasteiger partial charge in [0.15, 0.2) is 5.13 Å². The molecule has 0 unspecified atom stereocenters. The normalized spacial score (nSPS) is 16.0. The molecule has 168 valence electrons. The second-order valence-electron chi connectivity index (χ2n) is 7.28. The first-order chi connectivity index (χ1) is 15.4. The Morgan fingerprint density at radius 3 is 2.78 bits per heavy atom. The Bertz CT molecular complexity index is 1190. The summed E-state index contributed by atoms with van der Waals surface area (Å²) in [5.74, 6) is -1.04. The van der Waals surface area contributed by atoms with Gasteiger partial charge in [-0.15, -0.1) is 0 Å². The second-order valence-corrected chi connectivity index (χ2v) is 8.31. The van der Waals surface area contributed by atoms with E-state index >= 15 is 0 Å². The number of hydrogen-bond donors (Lipinski definition) is 4. The van der Waals surface area contributed by atoms with Gasteiger partial charge in [0.1, 0.15) is 29.5 Å². The summed E-state index contributed by atoms with van der Waals surface area (Å²) in [7, 11) is 0. The van der Waals surface area contributed by atoms with Crippen LogP contribution in [-0.4, -0.2) is 62.0 Å². The number of aromatic nitrogens is 2. The van der Waals surface area contributed by atoms with Crippen LogP contribution in [0, 0.1) is 11.6 Å². The minimum Gasteiger partial charge on any atom is -0.394 e. The summed E-state index contributed by atoms with van der Waals surface area (Å²) in [5.41, 5.74) is 1.37. The molecule has 11 heteroatoms. The van der Waals surface area contributed by atoms with Crippen molar-refractivity contribution in [2.75, 3.05) is 25.0 Å². The summed E-state index contributed by atoms with van der Waals surface area (Å²) in [6.45, 7) is -0.108. The van der Waals surface area contributed by atoms with Gasteiger partial charge < -0.3 is 20.2 Å². The number of fused-ring (bicyclic) bond motifs is 1. The van der Waals surface area contributed by atoms with Crippen molar-refractivity contribution in [1.82, 2.24) is 14.9 Å². The van der Waals surface area contributed by atoms with Gasteiger partial charge in [-0.3, -0.25) is 10.3 Å². The van der Waals surface area contributed by atoms with Crippen molar-refractivity contribution >= 4 is 38.3 Å². The van der Waals surface area contributed by atoms with Crippen LogP contribution in [0.2, 0.25) is 0 Å².